The lowest BCUT2D eigenvalue weighted by atomic mass is 10.2. The van der Waals surface area contributed by atoms with Gasteiger partial charge in [-0.2, -0.15) is 0 Å². The molecule has 0 aromatic heterocycles. The molecule has 0 saturated heterocycles. The van der Waals surface area contributed by atoms with Crippen molar-refractivity contribution in [2.75, 3.05) is 10.6 Å². The summed E-state index contributed by atoms with van der Waals surface area (Å²) in [4.78, 5) is 11.9. The highest BCUT2D eigenvalue weighted by Crippen LogP contribution is 2.12. The van der Waals surface area contributed by atoms with Crippen LogP contribution >= 0.6 is 0 Å². The molecule has 1 amide bonds. The monoisotopic (exact) mass is 276 g/mol. The summed E-state index contributed by atoms with van der Waals surface area (Å²) in [7, 11) is 0. The van der Waals surface area contributed by atoms with Crippen LogP contribution in [0.1, 0.15) is 6.92 Å². The van der Waals surface area contributed by atoms with Crippen LogP contribution in [-0.4, -0.2) is 11.9 Å². The van der Waals surface area contributed by atoms with Gasteiger partial charge < -0.3 is 10.6 Å². The Morgan fingerprint density at radius 1 is 0.900 bits per heavy atom. The van der Waals surface area contributed by atoms with E-state index in [1.165, 1.54) is 36.4 Å². The number of carbonyl (C=O) groups excluding carboxylic acids is 1. The highest BCUT2D eigenvalue weighted by molar-refractivity contribution is 5.96. The van der Waals surface area contributed by atoms with E-state index in [0.717, 1.165) is 0 Å². The molecule has 0 unspecified atom stereocenters. The van der Waals surface area contributed by atoms with Crippen LogP contribution in [0, 0.1) is 11.6 Å². The molecule has 0 radical (unpaired) electrons. The van der Waals surface area contributed by atoms with Gasteiger partial charge in [0.05, 0.1) is 0 Å². The van der Waals surface area contributed by atoms with Crippen molar-refractivity contribution in [3.63, 3.8) is 0 Å². The molecule has 0 spiro atoms. The Morgan fingerprint density at radius 3 is 1.85 bits per heavy atom. The lowest BCUT2D eigenvalue weighted by Gasteiger charge is -2.15. The van der Waals surface area contributed by atoms with Gasteiger partial charge in [-0.3, -0.25) is 4.79 Å². The highest BCUT2D eigenvalue weighted by atomic mass is 19.1. The van der Waals surface area contributed by atoms with Crippen molar-refractivity contribution in [2.24, 2.45) is 0 Å². The Kier molecular flexibility index (Phi) is 4.30. The Labute approximate surface area is 115 Å². The summed E-state index contributed by atoms with van der Waals surface area (Å²) in [5.74, 6) is -0.958. The standard InChI is InChI=1S/C15H14F2N2O/c1-10(18-13-6-2-11(16)3-7-13)15(20)19-14-8-4-12(17)5-9-14/h2-10,18H,1H3,(H,19,20)/t10-/m0/s1. The first-order valence-electron chi connectivity index (χ1n) is 6.13. The third-order valence-electron chi connectivity index (χ3n) is 2.73. The first kappa shape index (κ1) is 14.0. The first-order valence-corrected chi connectivity index (χ1v) is 6.13. The van der Waals surface area contributed by atoms with Crippen molar-refractivity contribution in [2.45, 2.75) is 13.0 Å². The Bertz CT molecular complexity index is 582. The van der Waals surface area contributed by atoms with E-state index in [4.69, 9.17) is 0 Å². The number of hydrogen-bond acceptors (Lipinski definition) is 2. The van der Waals surface area contributed by atoms with E-state index in [9.17, 15) is 13.6 Å². The van der Waals surface area contributed by atoms with Gasteiger partial charge in [0.25, 0.3) is 0 Å². The van der Waals surface area contributed by atoms with Gasteiger partial charge in [0.15, 0.2) is 0 Å². The first-order chi connectivity index (χ1) is 9.54. The fourth-order valence-electron chi connectivity index (χ4n) is 1.65. The number of benzene rings is 2. The minimum Gasteiger partial charge on any atom is -0.374 e. The molecule has 1 atom stereocenters. The molecule has 20 heavy (non-hydrogen) atoms. The molecular formula is C15H14F2N2O. The van der Waals surface area contributed by atoms with Crippen LogP contribution in [0.3, 0.4) is 0 Å². The van der Waals surface area contributed by atoms with E-state index in [0.29, 0.717) is 11.4 Å². The molecule has 0 saturated carbocycles. The van der Waals surface area contributed by atoms with Crippen molar-refractivity contribution < 1.29 is 13.6 Å². The number of anilines is 2. The van der Waals surface area contributed by atoms with Crippen LogP contribution in [0.25, 0.3) is 0 Å². The van der Waals surface area contributed by atoms with Crippen LogP contribution < -0.4 is 10.6 Å². The molecular weight excluding hydrogens is 262 g/mol. The van der Waals surface area contributed by atoms with Crippen molar-refractivity contribution in [1.29, 1.82) is 0 Å². The Morgan fingerprint density at radius 2 is 1.35 bits per heavy atom. The Hall–Kier alpha value is -2.43. The minimum atomic E-state index is -0.509. The van der Waals surface area contributed by atoms with Crippen LogP contribution in [-0.2, 0) is 4.79 Å². The second-order valence-corrected chi connectivity index (χ2v) is 4.37. The van der Waals surface area contributed by atoms with Crippen LogP contribution in [0.15, 0.2) is 48.5 Å². The molecule has 0 bridgehead atoms. The molecule has 3 nitrogen and oxygen atoms in total. The maximum atomic E-state index is 12.8. The largest absolute Gasteiger partial charge is 0.374 e. The van der Waals surface area contributed by atoms with Gasteiger partial charge in [-0.15, -0.1) is 0 Å². The average molecular weight is 276 g/mol. The number of rotatable bonds is 4. The van der Waals surface area contributed by atoms with Crippen molar-refractivity contribution >= 4 is 17.3 Å². The summed E-state index contributed by atoms with van der Waals surface area (Å²) in [5.41, 5.74) is 1.16. The fraction of sp³-hybridized carbons (Fsp3) is 0.133. The summed E-state index contributed by atoms with van der Waals surface area (Å²) in [6.07, 6.45) is 0. The molecule has 5 heteroatoms. The third kappa shape index (κ3) is 3.78. The van der Waals surface area contributed by atoms with Crippen LogP contribution in [0.2, 0.25) is 0 Å². The van der Waals surface area contributed by atoms with E-state index in [1.54, 1.807) is 19.1 Å². The zero-order chi connectivity index (χ0) is 14.5. The van der Waals surface area contributed by atoms with Gasteiger partial charge in [-0.1, -0.05) is 0 Å². The topological polar surface area (TPSA) is 41.1 Å². The number of halogens is 2. The molecule has 0 heterocycles. The zero-order valence-corrected chi connectivity index (χ0v) is 10.9. The highest BCUT2D eigenvalue weighted by Gasteiger charge is 2.12. The minimum absolute atomic E-state index is 0.263. The lowest BCUT2D eigenvalue weighted by molar-refractivity contribution is -0.116. The molecule has 0 fully saturated rings. The van der Waals surface area contributed by atoms with Crippen LogP contribution in [0.4, 0.5) is 20.2 Å². The zero-order valence-electron chi connectivity index (χ0n) is 10.9. The molecule has 0 aliphatic rings. The number of carbonyl (C=O) groups is 1. The van der Waals surface area contributed by atoms with Gasteiger partial charge in [0.1, 0.15) is 17.7 Å². The van der Waals surface area contributed by atoms with E-state index in [1.807, 2.05) is 0 Å². The molecule has 2 rings (SSSR count). The normalized spacial score (nSPS) is 11.8. The van der Waals surface area contributed by atoms with Crippen LogP contribution in [0.5, 0.6) is 0 Å². The number of hydrogen-bond donors (Lipinski definition) is 2. The maximum Gasteiger partial charge on any atom is 0.246 e. The summed E-state index contributed by atoms with van der Waals surface area (Å²) in [6, 6.07) is 10.7. The second kappa shape index (κ2) is 6.14. The average Bonchev–Trinajstić information content (AvgIpc) is 2.44. The van der Waals surface area contributed by atoms with Gasteiger partial charge in [-0.25, -0.2) is 8.78 Å². The van der Waals surface area contributed by atoms with Crippen molar-refractivity contribution in [3.8, 4) is 0 Å². The summed E-state index contributed by atoms with van der Waals surface area (Å²) < 4.78 is 25.5. The smallest absolute Gasteiger partial charge is 0.246 e. The van der Waals surface area contributed by atoms with E-state index >= 15 is 0 Å². The molecule has 2 aromatic rings. The molecule has 2 N–H and O–H groups in total. The van der Waals surface area contributed by atoms with Gasteiger partial charge >= 0.3 is 0 Å². The summed E-state index contributed by atoms with van der Waals surface area (Å²) in [5, 5.41) is 5.61. The van der Waals surface area contributed by atoms with Gasteiger partial charge in [0, 0.05) is 11.4 Å². The van der Waals surface area contributed by atoms with E-state index in [-0.39, 0.29) is 17.5 Å². The predicted octanol–water partition coefficient (Wildman–Crippen LogP) is 3.40. The number of nitrogens with one attached hydrogen (secondary N) is 2. The predicted molar refractivity (Wildman–Crippen MR) is 74.5 cm³/mol. The van der Waals surface area contributed by atoms with Crippen molar-refractivity contribution in [1.82, 2.24) is 0 Å². The van der Waals surface area contributed by atoms with Gasteiger partial charge in [-0.05, 0) is 55.5 Å². The lowest BCUT2D eigenvalue weighted by Crippen LogP contribution is -2.31. The third-order valence-corrected chi connectivity index (χ3v) is 2.73. The van der Waals surface area contributed by atoms with Crippen molar-refractivity contribution in [3.05, 3.63) is 60.2 Å². The SMILES string of the molecule is C[C@H](Nc1ccc(F)cc1)C(=O)Nc1ccc(F)cc1. The number of amides is 1. The van der Waals surface area contributed by atoms with Gasteiger partial charge in [0.2, 0.25) is 5.91 Å². The summed E-state index contributed by atoms with van der Waals surface area (Å²) >= 11 is 0. The molecule has 0 aliphatic heterocycles. The fourth-order valence-corrected chi connectivity index (χ4v) is 1.65. The quantitative estimate of drug-likeness (QED) is 0.898. The summed E-state index contributed by atoms with van der Waals surface area (Å²) in [6.45, 7) is 1.68. The molecule has 0 aliphatic carbocycles. The maximum absolute atomic E-state index is 12.8. The molecule has 2 aromatic carbocycles. The molecule has 104 valence electrons. The van der Waals surface area contributed by atoms with E-state index < -0.39 is 6.04 Å². The Balaban J connectivity index is 1.94. The van der Waals surface area contributed by atoms with E-state index in [2.05, 4.69) is 10.6 Å². The second-order valence-electron chi connectivity index (χ2n) is 4.37.